The Bertz CT molecular complexity index is 532. The number of rotatable bonds is 5. The molecule has 0 atom stereocenters. The van der Waals surface area contributed by atoms with Gasteiger partial charge in [-0.1, -0.05) is 6.07 Å². The first-order valence-corrected chi connectivity index (χ1v) is 6.99. The summed E-state index contributed by atoms with van der Waals surface area (Å²) in [7, 11) is 0. The molecular formula is C13H14FIN4. The minimum atomic E-state index is -0.277. The van der Waals surface area contributed by atoms with E-state index in [1.807, 2.05) is 11.0 Å². The molecule has 2 N–H and O–H groups in total. The maximum atomic E-state index is 13.3. The monoisotopic (exact) mass is 372 g/mol. The molecule has 6 heteroatoms. The van der Waals surface area contributed by atoms with Gasteiger partial charge >= 0.3 is 0 Å². The van der Waals surface area contributed by atoms with Crippen LogP contribution < -0.4 is 10.6 Å². The largest absolute Gasteiger partial charge is 0.330 e. The highest BCUT2D eigenvalue weighted by Gasteiger charge is 2.12. The van der Waals surface area contributed by atoms with Gasteiger partial charge in [0.2, 0.25) is 5.95 Å². The summed E-state index contributed by atoms with van der Waals surface area (Å²) in [4.78, 5) is 10.4. The molecule has 0 aliphatic heterocycles. The van der Waals surface area contributed by atoms with Gasteiger partial charge in [0.1, 0.15) is 5.82 Å². The molecule has 4 nitrogen and oxygen atoms in total. The van der Waals surface area contributed by atoms with Crippen molar-refractivity contribution < 1.29 is 4.39 Å². The van der Waals surface area contributed by atoms with Crippen LogP contribution in [0.5, 0.6) is 0 Å². The predicted octanol–water partition coefficient (Wildman–Crippen LogP) is 2.71. The van der Waals surface area contributed by atoms with Crippen molar-refractivity contribution in [3.05, 3.63) is 46.0 Å². The van der Waals surface area contributed by atoms with Gasteiger partial charge < -0.3 is 10.6 Å². The molecule has 0 saturated carbocycles. The van der Waals surface area contributed by atoms with Gasteiger partial charge in [-0.2, -0.15) is 0 Å². The Morgan fingerprint density at radius 2 is 2.00 bits per heavy atom. The maximum Gasteiger partial charge on any atom is 0.229 e. The second kappa shape index (κ2) is 6.76. The molecule has 0 bridgehead atoms. The zero-order valence-electron chi connectivity index (χ0n) is 10.3. The first kappa shape index (κ1) is 14.1. The predicted molar refractivity (Wildman–Crippen MR) is 81.8 cm³/mol. The van der Waals surface area contributed by atoms with E-state index in [9.17, 15) is 4.39 Å². The van der Waals surface area contributed by atoms with Crippen LogP contribution in [0.4, 0.5) is 16.0 Å². The molecule has 100 valence electrons. The van der Waals surface area contributed by atoms with Crippen LogP contribution >= 0.6 is 22.6 Å². The number of nitrogens with zero attached hydrogens (tertiary/aromatic N) is 3. The Hall–Kier alpha value is -1.28. The molecule has 0 spiro atoms. The number of anilines is 2. The molecule has 0 unspecified atom stereocenters. The van der Waals surface area contributed by atoms with Crippen molar-refractivity contribution in [1.82, 2.24) is 9.97 Å². The lowest BCUT2D eigenvalue weighted by molar-refractivity contribution is 0.627. The van der Waals surface area contributed by atoms with Crippen molar-refractivity contribution in [2.24, 2.45) is 5.73 Å². The molecule has 2 rings (SSSR count). The summed E-state index contributed by atoms with van der Waals surface area (Å²) in [6.07, 6.45) is 4.25. The van der Waals surface area contributed by atoms with Crippen molar-refractivity contribution in [3.8, 4) is 0 Å². The summed E-state index contributed by atoms with van der Waals surface area (Å²) in [6, 6.07) is 6.39. The van der Waals surface area contributed by atoms with Crippen LogP contribution in [-0.2, 0) is 0 Å². The molecule has 19 heavy (non-hydrogen) atoms. The van der Waals surface area contributed by atoms with Gasteiger partial charge in [0, 0.05) is 28.2 Å². The zero-order chi connectivity index (χ0) is 13.7. The van der Waals surface area contributed by atoms with E-state index in [0.29, 0.717) is 19.0 Å². The van der Waals surface area contributed by atoms with Crippen LogP contribution in [0.25, 0.3) is 0 Å². The van der Waals surface area contributed by atoms with Crippen molar-refractivity contribution in [3.63, 3.8) is 0 Å². The Labute approximate surface area is 125 Å². The number of aromatic nitrogens is 2. The molecule has 1 aromatic carbocycles. The molecule has 2 aromatic rings. The maximum absolute atomic E-state index is 13.3. The van der Waals surface area contributed by atoms with Crippen LogP contribution in [0.2, 0.25) is 0 Å². The van der Waals surface area contributed by atoms with Crippen molar-refractivity contribution >= 4 is 34.2 Å². The average Bonchev–Trinajstić information content (AvgIpc) is 2.41. The fourth-order valence-electron chi connectivity index (χ4n) is 1.68. The van der Waals surface area contributed by atoms with Gasteiger partial charge in [-0.15, -0.1) is 0 Å². The Morgan fingerprint density at radius 1 is 1.26 bits per heavy atom. The van der Waals surface area contributed by atoms with E-state index in [1.54, 1.807) is 18.5 Å². The first-order chi connectivity index (χ1) is 9.20. The fraction of sp³-hybridized carbons (Fsp3) is 0.231. The molecule has 1 aromatic heterocycles. The van der Waals surface area contributed by atoms with Crippen LogP contribution in [0.3, 0.4) is 0 Å². The fourth-order valence-corrected chi connectivity index (χ4v) is 1.96. The molecule has 1 heterocycles. The molecule has 0 aliphatic carbocycles. The molecule has 0 amide bonds. The summed E-state index contributed by atoms with van der Waals surface area (Å²) in [5, 5.41) is 0. The summed E-state index contributed by atoms with van der Waals surface area (Å²) in [5.41, 5.74) is 6.28. The number of hydrogen-bond donors (Lipinski definition) is 1. The highest BCUT2D eigenvalue weighted by Crippen LogP contribution is 2.22. The lowest BCUT2D eigenvalue weighted by atomic mass is 10.2. The Balaban J connectivity index is 2.32. The summed E-state index contributed by atoms with van der Waals surface area (Å²) in [5.74, 6) is 0.278. The molecular weight excluding hydrogens is 358 g/mol. The first-order valence-electron chi connectivity index (χ1n) is 5.91. The van der Waals surface area contributed by atoms with E-state index in [2.05, 4.69) is 32.6 Å². The molecule has 0 radical (unpaired) electrons. The van der Waals surface area contributed by atoms with Crippen LogP contribution in [-0.4, -0.2) is 23.1 Å². The van der Waals surface area contributed by atoms with Gasteiger partial charge in [0.25, 0.3) is 0 Å². The molecule has 0 saturated heterocycles. The lowest BCUT2D eigenvalue weighted by Gasteiger charge is -2.22. The smallest absolute Gasteiger partial charge is 0.229 e. The third-order valence-corrected chi connectivity index (χ3v) is 3.11. The van der Waals surface area contributed by atoms with Crippen molar-refractivity contribution in [2.75, 3.05) is 18.0 Å². The van der Waals surface area contributed by atoms with E-state index in [0.717, 1.165) is 15.7 Å². The standard InChI is InChI=1S/C13H14FIN4/c14-10-3-1-4-12(7-10)19(6-2-5-16)13-17-8-11(15)9-18-13/h1,3-4,7-9H,2,5-6,16H2. The minimum absolute atomic E-state index is 0.277. The number of hydrogen-bond acceptors (Lipinski definition) is 4. The van der Waals surface area contributed by atoms with Crippen LogP contribution in [0.15, 0.2) is 36.7 Å². The van der Waals surface area contributed by atoms with E-state index in [1.165, 1.54) is 12.1 Å². The quantitative estimate of drug-likeness (QED) is 0.821. The second-order valence-corrected chi connectivity index (χ2v) is 5.22. The number of benzene rings is 1. The summed E-state index contributed by atoms with van der Waals surface area (Å²) < 4.78 is 14.3. The third-order valence-electron chi connectivity index (χ3n) is 2.55. The third kappa shape index (κ3) is 3.84. The van der Waals surface area contributed by atoms with Crippen LogP contribution in [0, 0.1) is 9.39 Å². The van der Waals surface area contributed by atoms with E-state index >= 15 is 0 Å². The van der Waals surface area contributed by atoms with E-state index in [-0.39, 0.29) is 5.82 Å². The van der Waals surface area contributed by atoms with Gasteiger partial charge in [-0.25, -0.2) is 14.4 Å². The van der Waals surface area contributed by atoms with Crippen molar-refractivity contribution in [1.29, 1.82) is 0 Å². The Kier molecular flexibility index (Phi) is 5.03. The number of halogens is 2. The minimum Gasteiger partial charge on any atom is -0.330 e. The zero-order valence-corrected chi connectivity index (χ0v) is 12.4. The van der Waals surface area contributed by atoms with Gasteiger partial charge in [-0.05, 0) is 53.8 Å². The number of nitrogens with two attached hydrogens (primary N) is 1. The van der Waals surface area contributed by atoms with Gasteiger partial charge in [-0.3, -0.25) is 0 Å². The SMILES string of the molecule is NCCCN(c1cccc(F)c1)c1ncc(I)cn1. The van der Waals surface area contributed by atoms with Gasteiger partial charge in [0.05, 0.1) is 0 Å². The van der Waals surface area contributed by atoms with E-state index < -0.39 is 0 Å². The summed E-state index contributed by atoms with van der Waals surface area (Å²) >= 11 is 2.15. The Morgan fingerprint density at radius 3 is 2.63 bits per heavy atom. The second-order valence-electron chi connectivity index (χ2n) is 3.98. The van der Waals surface area contributed by atoms with Crippen molar-refractivity contribution in [2.45, 2.75) is 6.42 Å². The van der Waals surface area contributed by atoms with Gasteiger partial charge in [0.15, 0.2) is 0 Å². The topological polar surface area (TPSA) is 55.0 Å². The van der Waals surface area contributed by atoms with Crippen LogP contribution in [0.1, 0.15) is 6.42 Å². The lowest BCUT2D eigenvalue weighted by Crippen LogP contribution is -2.23. The highest BCUT2D eigenvalue weighted by molar-refractivity contribution is 14.1. The normalized spacial score (nSPS) is 10.5. The summed E-state index contributed by atoms with van der Waals surface area (Å²) in [6.45, 7) is 1.22. The van der Waals surface area contributed by atoms with E-state index in [4.69, 9.17) is 5.73 Å². The average molecular weight is 372 g/mol. The molecule has 0 fully saturated rings. The highest BCUT2D eigenvalue weighted by atomic mass is 127. The molecule has 0 aliphatic rings.